The van der Waals surface area contributed by atoms with Crippen molar-refractivity contribution in [3.05, 3.63) is 12.2 Å². The molecule has 0 bridgehead atoms. The number of carbonyl (C=O) groups is 3. The van der Waals surface area contributed by atoms with Gasteiger partial charge >= 0.3 is 17.9 Å². The molecule has 0 N–H and O–H groups in total. The molecule has 0 aromatic rings. The fourth-order valence-corrected chi connectivity index (χ4v) is 11.7. The summed E-state index contributed by atoms with van der Waals surface area (Å²) in [6, 6.07) is 0. The smallest absolute Gasteiger partial charge is 0.306 e. The first-order chi connectivity index (χ1) is 40.0. The van der Waals surface area contributed by atoms with Gasteiger partial charge in [-0.05, 0) is 44.9 Å². The van der Waals surface area contributed by atoms with E-state index in [0.29, 0.717) is 19.3 Å². The zero-order valence-electron chi connectivity index (χ0n) is 55.4. The van der Waals surface area contributed by atoms with E-state index in [2.05, 4.69) is 32.9 Å². The highest BCUT2D eigenvalue weighted by Crippen LogP contribution is 2.20. The van der Waals surface area contributed by atoms with Gasteiger partial charge in [0.2, 0.25) is 0 Å². The van der Waals surface area contributed by atoms with Crippen LogP contribution in [0.25, 0.3) is 0 Å². The maximum Gasteiger partial charge on any atom is 0.306 e. The van der Waals surface area contributed by atoms with Gasteiger partial charge in [-0.1, -0.05) is 380 Å². The van der Waals surface area contributed by atoms with Gasteiger partial charge in [0.1, 0.15) is 13.2 Å². The number of hydrogen-bond donors (Lipinski definition) is 0. The summed E-state index contributed by atoms with van der Waals surface area (Å²) in [5.74, 6) is -0.840. The molecule has 0 rings (SSSR count). The third-order valence-electron chi connectivity index (χ3n) is 17.3. The first kappa shape index (κ1) is 79.2. The lowest BCUT2D eigenvalue weighted by Gasteiger charge is -2.18. The van der Waals surface area contributed by atoms with Crippen molar-refractivity contribution in [2.24, 2.45) is 0 Å². The number of rotatable bonds is 70. The van der Waals surface area contributed by atoms with Crippen LogP contribution in [0.1, 0.15) is 432 Å². The van der Waals surface area contributed by atoms with Crippen LogP contribution in [-0.4, -0.2) is 37.2 Å². The van der Waals surface area contributed by atoms with Crippen molar-refractivity contribution in [2.75, 3.05) is 13.2 Å². The molecule has 0 heterocycles. The molecule has 480 valence electrons. The Kier molecular flexibility index (Phi) is 69.0. The summed E-state index contributed by atoms with van der Waals surface area (Å²) in [6.07, 6.45) is 86.0. The molecule has 6 heteroatoms. The van der Waals surface area contributed by atoms with Gasteiger partial charge < -0.3 is 14.2 Å². The molecule has 6 nitrogen and oxygen atoms in total. The van der Waals surface area contributed by atoms with Gasteiger partial charge in [0, 0.05) is 19.3 Å². The molecule has 0 aliphatic carbocycles. The molecular weight excluding hydrogens is 997 g/mol. The Hall–Kier alpha value is -1.85. The summed E-state index contributed by atoms with van der Waals surface area (Å²) < 4.78 is 16.9. The molecule has 0 saturated heterocycles. The maximum absolute atomic E-state index is 12.9. The predicted octanol–water partition coefficient (Wildman–Crippen LogP) is 25.6. The summed E-state index contributed by atoms with van der Waals surface area (Å²) in [7, 11) is 0. The Morgan fingerprint density at radius 1 is 0.235 bits per heavy atom. The molecule has 0 amide bonds. The van der Waals surface area contributed by atoms with Crippen LogP contribution in [0, 0.1) is 0 Å². The normalized spacial score (nSPS) is 12.0. The molecule has 0 fully saturated rings. The van der Waals surface area contributed by atoms with Gasteiger partial charge in [0.25, 0.3) is 0 Å². The summed E-state index contributed by atoms with van der Waals surface area (Å²) in [5.41, 5.74) is 0. The van der Waals surface area contributed by atoms with Gasteiger partial charge in [-0.2, -0.15) is 0 Å². The second kappa shape index (κ2) is 70.6. The van der Waals surface area contributed by atoms with Gasteiger partial charge in [-0.15, -0.1) is 0 Å². The highest BCUT2D eigenvalue weighted by molar-refractivity contribution is 5.71. The Bertz CT molecular complexity index is 1260. The van der Waals surface area contributed by atoms with Crippen LogP contribution >= 0.6 is 0 Å². The molecule has 1 unspecified atom stereocenters. The number of esters is 3. The van der Waals surface area contributed by atoms with E-state index in [1.807, 2.05) is 0 Å². The van der Waals surface area contributed by atoms with Crippen LogP contribution in [-0.2, 0) is 28.6 Å². The molecule has 0 aliphatic heterocycles. The first-order valence-corrected chi connectivity index (χ1v) is 37.2. The Morgan fingerprint density at radius 2 is 0.407 bits per heavy atom. The van der Waals surface area contributed by atoms with Gasteiger partial charge in [0.05, 0.1) is 0 Å². The van der Waals surface area contributed by atoms with Crippen LogP contribution in [0.5, 0.6) is 0 Å². The molecule has 0 radical (unpaired) electrons. The number of unbranched alkanes of at least 4 members (excludes halogenated alkanes) is 57. The minimum atomic E-state index is -0.763. The number of ether oxygens (including phenoxy) is 3. The second-order valence-corrected chi connectivity index (χ2v) is 25.6. The van der Waals surface area contributed by atoms with Crippen molar-refractivity contribution in [3.63, 3.8) is 0 Å². The van der Waals surface area contributed by atoms with Crippen molar-refractivity contribution in [3.8, 4) is 0 Å². The molecule has 0 aromatic carbocycles. The fraction of sp³-hybridized carbons (Fsp3) is 0.933. The average molecular weight is 1140 g/mol. The Labute approximate surface area is 507 Å². The molecule has 0 aromatic heterocycles. The van der Waals surface area contributed by atoms with Gasteiger partial charge in [-0.25, -0.2) is 0 Å². The Balaban J connectivity index is 3.93. The first-order valence-electron chi connectivity index (χ1n) is 37.2. The number of allylic oxidation sites excluding steroid dienone is 2. The van der Waals surface area contributed by atoms with Gasteiger partial charge in [-0.3, -0.25) is 14.4 Å². The van der Waals surface area contributed by atoms with Gasteiger partial charge in [0.15, 0.2) is 6.10 Å². The lowest BCUT2D eigenvalue weighted by atomic mass is 10.0. The summed E-state index contributed by atoms with van der Waals surface area (Å²) in [5, 5.41) is 0. The summed E-state index contributed by atoms with van der Waals surface area (Å²) in [6.45, 7) is 6.67. The standard InChI is InChI=1S/C75H144O6/c1-4-7-10-13-16-18-20-22-24-26-28-30-32-34-36-38-40-41-43-45-47-49-51-53-55-57-59-62-65-68-74(77)80-71-72(70-79-73(76)67-64-61-15-12-9-6-3)81-75(78)69-66-63-60-58-56-54-52-50-48-46-44-42-39-37-35-33-31-29-27-25-23-21-19-17-14-11-8-5-2/h26,28,72H,4-25,27,29-71H2,1-3H3/b28-26-. The van der Waals surface area contributed by atoms with E-state index in [1.165, 1.54) is 334 Å². The van der Waals surface area contributed by atoms with Crippen molar-refractivity contribution in [1.82, 2.24) is 0 Å². The van der Waals surface area contributed by atoms with Crippen LogP contribution in [0.4, 0.5) is 0 Å². The zero-order chi connectivity index (χ0) is 58.5. The molecule has 0 spiro atoms. The minimum absolute atomic E-state index is 0.0633. The highest BCUT2D eigenvalue weighted by atomic mass is 16.6. The SMILES string of the molecule is CCCCCCCCCC/C=C\CCCCCCCCCCCCCCCCCCCC(=O)OCC(COC(=O)CCCCCCCC)OC(=O)CCCCCCCCCCCCCCCCCCCCCCCCCCCCCC. The zero-order valence-corrected chi connectivity index (χ0v) is 55.4. The van der Waals surface area contributed by atoms with E-state index in [1.54, 1.807) is 0 Å². The highest BCUT2D eigenvalue weighted by Gasteiger charge is 2.20. The largest absolute Gasteiger partial charge is 0.462 e. The predicted molar refractivity (Wildman–Crippen MR) is 353 cm³/mol. The van der Waals surface area contributed by atoms with Crippen LogP contribution in [0.3, 0.4) is 0 Å². The monoisotopic (exact) mass is 1140 g/mol. The number of carbonyl (C=O) groups excluding carboxylic acids is 3. The second-order valence-electron chi connectivity index (χ2n) is 25.6. The van der Waals surface area contributed by atoms with Crippen LogP contribution in [0.2, 0.25) is 0 Å². The van der Waals surface area contributed by atoms with E-state index in [4.69, 9.17) is 14.2 Å². The molecule has 0 saturated carbocycles. The third-order valence-corrected chi connectivity index (χ3v) is 17.3. The molecular formula is C75H144O6. The Morgan fingerprint density at radius 3 is 0.617 bits per heavy atom. The van der Waals surface area contributed by atoms with Crippen molar-refractivity contribution in [1.29, 1.82) is 0 Å². The summed E-state index contributed by atoms with van der Waals surface area (Å²) >= 11 is 0. The van der Waals surface area contributed by atoms with Crippen molar-refractivity contribution >= 4 is 17.9 Å². The number of hydrogen-bond acceptors (Lipinski definition) is 6. The van der Waals surface area contributed by atoms with E-state index in [9.17, 15) is 14.4 Å². The van der Waals surface area contributed by atoms with Crippen LogP contribution in [0.15, 0.2) is 12.2 Å². The molecule has 1 atom stereocenters. The minimum Gasteiger partial charge on any atom is -0.462 e. The summed E-state index contributed by atoms with van der Waals surface area (Å²) in [4.78, 5) is 38.1. The quantitative estimate of drug-likeness (QED) is 0.0261. The maximum atomic E-state index is 12.9. The van der Waals surface area contributed by atoms with E-state index < -0.39 is 6.10 Å². The van der Waals surface area contributed by atoms with Crippen molar-refractivity contribution < 1.29 is 28.6 Å². The van der Waals surface area contributed by atoms with Crippen molar-refractivity contribution in [2.45, 2.75) is 438 Å². The van der Waals surface area contributed by atoms with Crippen LogP contribution < -0.4 is 0 Å². The van der Waals surface area contributed by atoms with E-state index in [-0.39, 0.29) is 31.1 Å². The fourth-order valence-electron chi connectivity index (χ4n) is 11.7. The lowest BCUT2D eigenvalue weighted by Crippen LogP contribution is -2.30. The van der Waals surface area contributed by atoms with E-state index >= 15 is 0 Å². The topological polar surface area (TPSA) is 78.9 Å². The molecule has 0 aliphatic rings. The lowest BCUT2D eigenvalue weighted by molar-refractivity contribution is -0.167. The third kappa shape index (κ3) is 68.8. The molecule has 81 heavy (non-hydrogen) atoms. The average Bonchev–Trinajstić information content (AvgIpc) is 3.47. The van der Waals surface area contributed by atoms with E-state index in [0.717, 1.165) is 57.8 Å².